The van der Waals surface area contributed by atoms with E-state index in [2.05, 4.69) is 13.8 Å². The van der Waals surface area contributed by atoms with Crippen LogP contribution in [0.2, 0.25) is 0 Å². The third-order valence-electron chi connectivity index (χ3n) is 4.51. The average Bonchev–Trinajstić information content (AvgIpc) is 2.59. The van der Waals surface area contributed by atoms with Crippen molar-refractivity contribution in [3.8, 4) is 23.0 Å². The largest absolute Gasteiger partial charge is 0.504 e. The summed E-state index contributed by atoms with van der Waals surface area (Å²) in [6, 6.07) is 7.76. The molecular formula is C22H30O3. The van der Waals surface area contributed by atoms with Crippen LogP contribution in [0.5, 0.6) is 23.0 Å². The summed E-state index contributed by atoms with van der Waals surface area (Å²) in [4.78, 5) is 0. The van der Waals surface area contributed by atoms with E-state index < -0.39 is 0 Å². The van der Waals surface area contributed by atoms with Gasteiger partial charge in [-0.25, -0.2) is 0 Å². The Morgan fingerprint density at radius 2 is 1.12 bits per heavy atom. The molecule has 0 unspecified atom stereocenters. The zero-order valence-electron chi connectivity index (χ0n) is 15.9. The van der Waals surface area contributed by atoms with Crippen molar-refractivity contribution in [2.24, 2.45) is 0 Å². The molecule has 0 aliphatic heterocycles. The zero-order chi connectivity index (χ0) is 18.4. The lowest BCUT2D eigenvalue weighted by molar-refractivity contribution is 0.381. The lowest BCUT2D eigenvalue weighted by Crippen LogP contribution is -1.94. The van der Waals surface area contributed by atoms with Gasteiger partial charge in [0.1, 0.15) is 0 Å². The monoisotopic (exact) mass is 342 g/mol. The Morgan fingerprint density at radius 3 is 1.48 bits per heavy atom. The van der Waals surface area contributed by atoms with Crippen molar-refractivity contribution in [1.29, 1.82) is 0 Å². The second-order valence-corrected chi connectivity index (χ2v) is 6.83. The molecule has 0 aliphatic rings. The van der Waals surface area contributed by atoms with Crippen LogP contribution in [0.15, 0.2) is 24.3 Å². The fourth-order valence-corrected chi connectivity index (χ4v) is 2.96. The van der Waals surface area contributed by atoms with Crippen LogP contribution in [0.3, 0.4) is 0 Å². The van der Waals surface area contributed by atoms with Crippen LogP contribution in [0.1, 0.15) is 61.8 Å². The highest BCUT2D eigenvalue weighted by Gasteiger charge is 2.14. The SMILES string of the molecule is CCCCc1cc(C)c(O)c(Oc2cc(CCCC)cc(C)c2O)c1. The van der Waals surface area contributed by atoms with E-state index in [0.717, 1.165) is 60.8 Å². The summed E-state index contributed by atoms with van der Waals surface area (Å²) in [5.41, 5.74) is 3.87. The van der Waals surface area contributed by atoms with E-state index >= 15 is 0 Å². The highest BCUT2D eigenvalue weighted by Crippen LogP contribution is 2.40. The van der Waals surface area contributed by atoms with E-state index in [-0.39, 0.29) is 11.5 Å². The van der Waals surface area contributed by atoms with E-state index in [0.29, 0.717) is 11.5 Å². The van der Waals surface area contributed by atoms with Gasteiger partial charge >= 0.3 is 0 Å². The minimum Gasteiger partial charge on any atom is -0.504 e. The summed E-state index contributed by atoms with van der Waals surface area (Å²) in [6.07, 6.45) is 6.34. The maximum atomic E-state index is 10.4. The first-order chi connectivity index (χ1) is 12.0. The number of benzene rings is 2. The zero-order valence-corrected chi connectivity index (χ0v) is 15.9. The van der Waals surface area contributed by atoms with Gasteiger partial charge in [0.2, 0.25) is 0 Å². The Kier molecular flexibility index (Phi) is 6.74. The molecule has 2 rings (SSSR count). The number of aromatic hydroxyl groups is 2. The molecule has 2 N–H and O–H groups in total. The van der Waals surface area contributed by atoms with Gasteiger partial charge in [-0.3, -0.25) is 0 Å². The molecule has 2 aromatic rings. The Hall–Kier alpha value is -2.16. The number of phenolic OH excluding ortho intramolecular Hbond substituents is 2. The number of phenols is 2. The van der Waals surface area contributed by atoms with Crippen LogP contribution in [0, 0.1) is 13.8 Å². The molecule has 0 bridgehead atoms. The van der Waals surface area contributed by atoms with E-state index in [1.165, 1.54) is 0 Å². The molecular weight excluding hydrogens is 312 g/mol. The van der Waals surface area contributed by atoms with Crippen LogP contribution < -0.4 is 4.74 Å². The molecule has 25 heavy (non-hydrogen) atoms. The van der Waals surface area contributed by atoms with E-state index in [9.17, 15) is 10.2 Å². The van der Waals surface area contributed by atoms with Crippen molar-refractivity contribution in [1.82, 2.24) is 0 Å². The highest BCUT2D eigenvalue weighted by atomic mass is 16.5. The summed E-state index contributed by atoms with van der Waals surface area (Å²) in [6.45, 7) is 8.07. The molecule has 0 heterocycles. The minimum atomic E-state index is 0.135. The van der Waals surface area contributed by atoms with Crippen molar-refractivity contribution in [3.63, 3.8) is 0 Å². The molecule has 0 atom stereocenters. The van der Waals surface area contributed by atoms with Gasteiger partial charge in [-0.2, -0.15) is 0 Å². The summed E-state index contributed by atoms with van der Waals surface area (Å²) in [5, 5.41) is 20.7. The van der Waals surface area contributed by atoms with Gasteiger partial charge in [-0.05, 0) is 73.9 Å². The van der Waals surface area contributed by atoms with Gasteiger partial charge in [-0.15, -0.1) is 0 Å². The molecule has 3 nitrogen and oxygen atoms in total. The van der Waals surface area contributed by atoms with Gasteiger partial charge in [0.25, 0.3) is 0 Å². The Bertz CT molecular complexity index is 658. The predicted molar refractivity (Wildman–Crippen MR) is 103 cm³/mol. The predicted octanol–water partition coefficient (Wildman–Crippen LogP) is 6.19. The molecule has 0 saturated heterocycles. The van der Waals surface area contributed by atoms with E-state index in [1.807, 2.05) is 38.1 Å². The van der Waals surface area contributed by atoms with Crippen LogP contribution in [-0.2, 0) is 12.8 Å². The van der Waals surface area contributed by atoms with Crippen molar-refractivity contribution < 1.29 is 14.9 Å². The summed E-state index contributed by atoms with van der Waals surface area (Å²) < 4.78 is 5.94. The number of aryl methyl sites for hydroxylation is 4. The lowest BCUT2D eigenvalue weighted by Gasteiger charge is -2.15. The maximum Gasteiger partial charge on any atom is 0.169 e. The van der Waals surface area contributed by atoms with Crippen molar-refractivity contribution in [2.75, 3.05) is 0 Å². The number of hydrogen-bond donors (Lipinski definition) is 2. The summed E-state index contributed by atoms with van der Waals surface area (Å²) in [5.74, 6) is 1.09. The van der Waals surface area contributed by atoms with Gasteiger partial charge < -0.3 is 14.9 Å². The Balaban J connectivity index is 2.34. The third-order valence-corrected chi connectivity index (χ3v) is 4.51. The standard InChI is InChI=1S/C22H30O3/c1-5-7-9-17-11-15(3)21(23)19(13-17)25-20-14-18(10-8-6-2)12-16(4)22(20)24/h11-14,23-24H,5-10H2,1-4H3. The topological polar surface area (TPSA) is 49.7 Å². The number of rotatable bonds is 8. The van der Waals surface area contributed by atoms with Gasteiger partial charge in [-0.1, -0.05) is 38.8 Å². The molecule has 0 aromatic heterocycles. The van der Waals surface area contributed by atoms with Crippen molar-refractivity contribution >= 4 is 0 Å². The fraction of sp³-hybridized carbons (Fsp3) is 0.455. The number of ether oxygens (including phenoxy) is 1. The number of unbranched alkanes of at least 4 members (excludes halogenated alkanes) is 2. The molecule has 0 fully saturated rings. The minimum absolute atomic E-state index is 0.135. The van der Waals surface area contributed by atoms with Crippen LogP contribution in [0.4, 0.5) is 0 Å². The van der Waals surface area contributed by atoms with E-state index in [1.54, 1.807) is 0 Å². The molecule has 0 radical (unpaired) electrons. The smallest absolute Gasteiger partial charge is 0.169 e. The lowest BCUT2D eigenvalue weighted by atomic mass is 10.0. The first-order valence-electron chi connectivity index (χ1n) is 9.29. The van der Waals surface area contributed by atoms with Crippen LogP contribution in [-0.4, -0.2) is 10.2 Å². The van der Waals surface area contributed by atoms with E-state index in [4.69, 9.17) is 4.74 Å². The average molecular weight is 342 g/mol. The molecule has 0 aliphatic carbocycles. The first-order valence-corrected chi connectivity index (χ1v) is 9.29. The highest BCUT2D eigenvalue weighted by molar-refractivity contribution is 5.54. The quantitative estimate of drug-likeness (QED) is 0.601. The van der Waals surface area contributed by atoms with Gasteiger partial charge in [0, 0.05) is 0 Å². The molecule has 2 aromatic carbocycles. The molecule has 0 amide bonds. The van der Waals surface area contributed by atoms with Gasteiger partial charge in [0.15, 0.2) is 23.0 Å². The first kappa shape index (κ1) is 19.2. The Morgan fingerprint density at radius 1 is 0.720 bits per heavy atom. The maximum absolute atomic E-state index is 10.4. The molecule has 0 spiro atoms. The van der Waals surface area contributed by atoms with Crippen molar-refractivity contribution in [3.05, 3.63) is 46.5 Å². The number of hydrogen-bond acceptors (Lipinski definition) is 3. The summed E-state index contributed by atoms with van der Waals surface area (Å²) in [7, 11) is 0. The van der Waals surface area contributed by atoms with Crippen LogP contribution in [0.25, 0.3) is 0 Å². The second-order valence-electron chi connectivity index (χ2n) is 6.83. The third kappa shape index (κ3) is 4.91. The fourth-order valence-electron chi connectivity index (χ4n) is 2.96. The molecule has 3 heteroatoms. The Labute approximate surface area is 151 Å². The van der Waals surface area contributed by atoms with Crippen LogP contribution >= 0.6 is 0 Å². The molecule has 136 valence electrons. The normalized spacial score (nSPS) is 10.9. The van der Waals surface area contributed by atoms with Crippen molar-refractivity contribution in [2.45, 2.75) is 66.2 Å². The summed E-state index contributed by atoms with van der Waals surface area (Å²) >= 11 is 0. The second kappa shape index (κ2) is 8.80. The van der Waals surface area contributed by atoms with Gasteiger partial charge in [0.05, 0.1) is 0 Å². The molecule has 0 saturated carbocycles.